The Labute approximate surface area is 203 Å². The predicted molar refractivity (Wildman–Crippen MR) is 133 cm³/mol. The average Bonchev–Trinajstić information content (AvgIpc) is 2.92. The number of hydrogen-bond donors (Lipinski definition) is 0. The van der Waals surface area contributed by atoms with Crippen molar-refractivity contribution in [3.05, 3.63) is 72.1 Å². The van der Waals surface area contributed by atoms with Crippen molar-refractivity contribution in [1.29, 1.82) is 0 Å². The Kier molecular flexibility index (Phi) is 6.18. The van der Waals surface area contributed by atoms with E-state index in [9.17, 15) is 4.79 Å². The summed E-state index contributed by atoms with van der Waals surface area (Å²) in [7, 11) is 4.64. The molecule has 1 atom stereocenters. The highest BCUT2D eigenvalue weighted by atomic mass is 16.5. The van der Waals surface area contributed by atoms with Crippen molar-refractivity contribution in [2.75, 3.05) is 32.8 Å². The SMILES string of the molecule is COC(=O)C[C@H]1c2cc(OC)c(OC)cc2CCN1c1nc(-c2cccnc2)nc2ccccc12. The number of methoxy groups -OCH3 is 3. The van der Waals surface area contributed by atoms with E-state index in [-0.39, 0.29) is 18.4 Å². The van der Waals surface area contributed by atoms with Crippen molar-refractivity contribution in [3.63, 3.8) is 0 Å². The van der Waals surface area contributed by atoms with E-state index in [0.29, 0.717) is 23.9 Å². The Hall–Kier alpha value is -4.20. The van der Waals surface area contributed by atoms with Crippen LogP contribution in [0.1, 0.15) is 23.6 Å². The number of rotatable bonds is 6. The van der Waals surface area contributed by atoms with Gasteiger partial charge in [0.25, 0.3) is 0 Å². The van der Waals surface area contributed by atoms with Gasteiger partial charge in [0.2, 0.25) is 0 Å². The van der Waals surface area contributed by atoms with Crippen molar-refractivity contribution in [2.24, 2.45) is 0 Å². The molecule has 0 saturated heterocycles. The number of ether oxygens (including phenoxy) is 3. The van der Waals surface area contributed by atoms with Crippen LogP contribution in [0.5, 0.6) is 11.5 Å². The molecule has 0 unspecified atom stereocenters. The molecule has 0 spiro atoms. The third-order valence-electron chi connectivity index (χ3n) is 6.37. The van der Waals surface area contributed by atoms with Crippen molar-refractivity contribution < 1.29 is 19.0 Å². The first-order valence-electron chi connectivity index (χ1n) is 11.4. The standard InChI is InChI=1S/C27H26N4O4/c1-33-23-13-17-10-12-31(22(15-25(32)35-3)20(17)14-24(23)34-2)27-19-8-4-5-9-21(19)29-26(30-27)18-7-6-11-28-16-18/h4-9,11,13-14,16,22H,10,12,15H2,1-3H3/t22-/m0/s1. The molecule has 8 heteroatoms. The average molecular weight is 471 g/mol. The van der Waals surface area contributed by atoms with Crippen LogP contribution in [0.15, 0.2) is 60.9 Å². The van der Waals surface area contributed by atoms with Crippen LogP contribution in [0.25, 0.3) is 22.3 Å². The van der Waals surface area contributed by atoms with Gasteiger partial charge in [0.1, 0.15) is 5.82 Å². The molecule has 1 aliphatic rings. The minimum Gasteiger partial charge on any atom is -0.493 e. The quantitative estimate of drug-likeness (QED) is 0.384. The van der Waals surface area contributed by atoms with Gasteiger partial charge in [-0.15, -0.1) is 0 Å². The molecule has 4 aromatic rings. The second-order valence-corrected chi connectivity index (χ2v) is 8.28. The van der Waals surface area contributed by atoms with E-state index in [2.05, 4.69) is 9.88 Å². The third-order valence-corrected chi connectivity index (χ3v) is 6.37. The summed E-state index contributed by atoms with van der Waals surface area (Å²) in [6.07, 6.45) is 4.40. The molecule has 2 aromatic heterocycles. The fraction of sp³-hybridized carbons (Fsp3) is 0.259. The number of aromatic nitrogens is 3. The van der Waals surface area contributed by atoms with E-state index in [1.807, 2.05) is 48.5 Å². The summed E-state index contributed by atoms with van der Waals surface area (Å²) in [5.74, 6) is 2.34. The lowest BCUT2D eigenvalue weighted by atomic mass is 9.89. The number of esters is 1. The molecule has 8 nitrogen and oxygen atoms in total. The fourth-order valence-corrected chi connectivity index (χ4v) is 4.65. The Bertz CT molecular complexity index is 1380. The lowest BCUT2D eigenvalue weighted by Gasteiger charge is -2.38. The second-order valence-electron chi connectivity index (χ2n) is 8.28. The molecule has 0 N–H and O–H groups in total. The lowest BCUT2D eigenvalue weighted by molar-refractivity contribution is -0.141. The maximum Gasteiger partial charge on any atom is 0.307 e. The molecule has 178 valence electrons. The van der Waals surface area contributed by atoms with Crippen LogP contribution in [-0.4, -0.2) is 48.8 Å². The van der Waals surface area contributed by atoms with E-state index in [4.69, 9.17) is 24.2 Å². The van der Waals surface area contributed by atoms with Crippen LogP contribution in [0.3, 0.4) is 0 Å². The number of nitrogens with zero attached hydrogens (tertiary/aromatic N) is 4. The van der Waals surface area contributed by atoms with Crippen LogP contribution in [-0.2, 0) is 16.0 Å². The number of para-hydroxylation sites is 1. The van der Waals surface area contributed by atoms with Gasteiger partial charge in [-0.2, -0.15) is 0 Å². The molecule has 0 radical (unpaired) electrons. The highest BCUT2D eigenvalue weighted by molar-refractivity contribution is 5.91. The van der Waals surface area contributed by atoms with Gasteiger partial charge in [-0.3, -0.25) is 9.78 Å². The van der Waals surface area contributed by atoms with E-state index in [1.165, 1.54) is 7.11 Å². The molecule has 0 aliphatic carbocycles. The maximum absolute atomic E-state index is 12.6. The van der Waals surface area contributed by atoms with Gasteiger partial charge in [0.05, 0.1) is 39.3 Å². The molecular formula is C27H26N4O4. The molecule has 1 aliphatic heterocycles. The number of carbonyl (C=O) groups is 1. The van der Waals surface area contributed by atoms with Gasteiger partial charge >= 0.3 is 5.97 Å². The van der Waals surface area contributed by atoms with Gasteiger partial charge < -0.3 is 19.1 Å². The Morgan fingerprint density at radius 3 is 2.57 bits per heavy atom. The van der Waals surface area contributed by atoms with Gasteiger partial charge in [-0.25, -0.2) is 9.97 Å². The number of pyridine rings is 1. The van der Waals surface area contributed by atoms with Crippen molar-refractivity contribution in [1.82, 2.24) is 15.0 Å². The third kappa shape index (κ3) is 4.23. The Morgan fingerprint density at radius 1 is 1.03 bits per heavy atom. The molecule has 0 amide bonds. The maximum atomic E-state index is 12.6. The smallest absolute Gasteiger partial charge is 0.307 e. The van der Waals surface area contributed by atoms with Crippen molar-refractivity contribution >= 4 is 22.7 Å². The molecule has 0 fully saturated rings. The number of anilines is 1. The van der Waals surface area contributed by atoms with Gasteiger partial charge in [0, 0.05) is 29.9 Å². The number of fused-ring (bicyclic) bond motifs is 2. The molecule has 2 aromatic carbocycles. The van der Waals surface area contributed by atoms with Crippen LogP contribution in [0.2, 0.25) is 0 Å². The van der Waals surface area contributed by atoms with E-state index in [1.54, 1.807) is 26.6 Å². The zero-order chi connectivity index (χ0) is 24.4. The molecule has 35 heavy (non-hydrogen) atoms. The lowest BCUT2D eigenvalue weighted by Crippen LogP contribution is -2.37. The summed E-state index contributed by atoms with van der Waals surface area (Å²) in [6.45, 7) is 0.664. The highest BCUT2D eigenvalue weighted by Crippen LogP contribution is 2.42. The summed E-state index contributed by atoms with van der Waals surface area (Å²) < 4.78 is 16.2. The largest absolute Gasteiger partial charge is 0.493 e. The Balaban J connectivity index is 1.69. The molecule has 0 saturated carbocycles. The summed E-state index contributed by atoms with van der Waals surface area (Å²) in [6, 6.07) is 15.4. The van der Waals surface area contributed by atoms with Crippen LogP contribution in [0.4, 0.5) is 5.82 Å². The molecular weight excluding hydrogens is 444 g/mol. The van der Waals surface area contributed by atoms with Gasteiger partial charge in [-0.1, -0.05) is 12.1 Å². The predicted octanol–water partition coefficient (Wildman–Crippen LogP) is 4.38. The van der Waals surface area contributed by atoms with Crippen molar-refractivity contribution in [2.45, 2.75) is 18.9 Å². The Morgan fingerprint density at radius 2 is 1.83 bits per heavy atom. The number of carbonyl (C=O) groups excluding carboxylic acids is 1. The van der Waals surface area contributed by atoms with E-state index < -0.39 is 0 Å². The van der Waals surface area contributed by atoms with Crippen LogP contribution >= 0.6 is 0 Å². The summed E-state index contributed by atoms with van der Waals surface area (Å²) in [5, 5.41) is 0.916. The zero-order valence-electron chi connectivity index (χ0n) is 19.9. The minimum absolute atomic E-state index is 0.166. The summed E-state index contributed by atoms with van der Waals surface area (Å²) in [5.41, 5.74) is 3.75. The monoisotopic (exact) mass is 470 g/mol. The highest BCUT2D eigenvalue weighted by Gasteiger charge is 2.33. The summed E-state index contributed by atoms with van der Waals surface area (Å²) >= 11 is 0. The second kappa shape index (κ2) is 9.58. The molecule has 5 rings (SSSR count). The summed E-state index contributed by atoms with van der Waals surface area (Å²) in [4.78, 5) is 28.7. The zero-order valence-corrected chi connectivity index (χ0v) is 19.9. The first-order chi connectivity index (χ1) is 17.1. The van der Waals surface area contributed by atoms with E-state index >= 15 is 0 Å². The minimum atomic E-state index is -0.300. The molecule has 3 heterocycles. The van der Waals surface area contributed by atoms with Gasteiger partial charge in [-0.05, 0) is 53.9 Å². The first-order valence-corrected chi connectivity index (χ1v) is 11.4. The number of hydrogen-bond acceptors (Lipinski definition) is 8. The van der Waals surface area contributed by atoms with E-state index in [0.717, 1.165) is 39.8 Å². The normalized spacial score (nSPS) is 14.9. The fourth-order valence-electron chi connectivity index (χ4n) is 4.65. The van der Waals surface area contributed by atoms with Crippen molar-refractivity contribution in [3.8, 4) is 22.9 Å². The molecule has 0 bridgehead atoms. The number of benzene rings is 2. The van der Waals surface area contributed by atoms with Gasteiger partial charge in [0.15, 0.2) is 17.3 Å². The first kappa shape index (κ1) is 22.6. The van der Waals surface area contributed by atoms with Crippen LogP contribution in [0, 0.1) is 0 Å². The topological polar surface area (TPSA) is 86.7 Å². The van der Waals surface area contributed by atoms with Crippen LogP contribution < -0.4 is 14.4 Å².